The highest BCUT2D eigenvalue weighted by molar-refractivity contribution is 9.10. The minimum Gasteiger partial charge on any atom is -0.395 e. The molecule has 0 heterocycles. The Morgan fingerprint density at radius 1 is 1.19 bits per heavy atom. The largest absolute Gasteiger partial charge is 0.395 e. The minimum atomic E-state index is 0.129. The standard InChI is InChI=1S/C16H27BrN2O2/c1-2-7-18-16(14-4-3-5-15(17)13-14)6-8-19(9-11-20)10-12-21/h3-5,13,16,18,20-21H,2,6-12H2,1H3. The molecular weight excluding hydrogens is 332 g/mol. The number of aliphatic hydroxyl groups is 2. The van der Waals surface area contributed by atoms with Gasteiger partial charge in [0.2, 0.25) is 0 Å². The van der Waals surface area contributed by atoms with E-state index in [1.807, 2.05) is 6.07 Å². The molecule has 4 nitrogen and oxygen atoms in total. The number of hydrogen-bond donors (Lipinski definition) is 3. The van der Waals surface area contributed by atoms with E-state index in [1.54, 1.807) is 0 Å². The fourth-order valence-corrected chi connectivity index (χ4v) is 2.78. The predicted octanol–water partition coefficient (Wildman–Crippen LogP) is 2.17. The van der Waals surface area contributed by atoms with E-state index >= 15 is 0 Å². The van der Waals surface area contributed by atoms with Crippen LogP contribution in [0.4, 0.5) is 0 Å². The molecule has 0 aromatic heterocycles. The summed E-state index contributed by atoms with van der Waals surface area (Å²) in [7, 11) is 0. The fourth-order valence-electron chi connectivity index (χ4n) is 2.36. The summed E-state index contributed by atoms with van der Waals surface area (Å²) in [4.78, 5) is 2.10. The van der Waals surface area contributed by atoms with Gasteiger partial charge in [-0.15, -0.1) is 0 Å². The third kappa shape index (κ3) is 7.38. The quantitative estimate of drug-likeness (QED) is 0.567. The lowest BCUT2D eigenvalue weighted by Gasteiger charge is -2.25. The third-order valence-electron chi connectivity index (χ3n) is 3.46. The molecule has 120 valence electrons. The molecule has 0 saturated carbocycles. The Hall–Kier alpha value is -0.460. The van der Waals surface area contributed by atoms with Crippen molar-refractivity contribution in [3.63, 3.8) is 0 Å². The number of nitrogens with zero attached hydrogens (tertiary/aromatic N) is 1. The van der Waals surface area contributed by atoms with E-state index in [2.05, 4.69) is 51.3 Å². The molecule has 0 saturated heterocycles. The van der Waals surface area contributed by atoms with Crippen molar-refractivity contribution in [1.82, 2.24) is 10.2 Å². The zero-order valence-electron chi connectivity index (χ0n) is 12.8. The number of nitrogens with one attached hydrogen (secondary N) is 1. The van der Waals surface area contributed by atoms with Gasteiger partial charge in [-0.05, 0) is 37.1 Å². The minimum absolute atomic E-state index is 0.129. The number of aliphatic hydroxyl groups excluding tert-OH is 2. The molecule has 0 aliphatic rings. The van der Waals surface area contributed by atoms with Crippen LogP contribution in [0.2, 0.25) is 0 Å². The monoisotopic (exact) mass is 358 g/mol. The van der Waals surface area contributed by atoms with Gasteiger partial charge in [0.25, 0.3) is 0 Å². The van der Waals surface area contributed by atoms with E-state index in [-0.39, 0.29) is 13.2 Å². The van der Waals surface area contributed by atoms with E-state index in [9.17, 15) is 0 Å². The first-order valence-corrected chi connectivity index (χ1v) is 8.43. The highest BCUT2D eigenvalue weighted by Crippen LogP contribution is 2.21. The Kier molecular flexibility index (Phi) is 9.87. The first kappa shape index (κ1) is 18.6. The van der Waals surface area contributed by atoms with Crippen LogP contribution in [0.5, 0.6) is 0 Å². The van der Waals surface area contributed by atoms with E-state index in [0.717, 1.165) is 30.4 Å². The SMILES string of the molecule is CCCNC(CCN(CCO)CCO)c1cccc(Br)c1. The molecule has 0 spiro atoms. The van der Waals surface area contributed by atoms with Crippen LogP contribution in [0.3, 0.4) is 0 Å². The number of hydrogen-bond acceptors (Lipinski definition) is 4. The second-order valence-electron chi connectivity index (χ2n) is 5.14. The summed E-state index contributed by atoms with van der Waals surface area (Å²) < 4.78 is 1.09. The van der Waals surface area contributed by atoms with Crippen LogP contribution in [0.15, 0.2) is 28.7 Å². The molecule has 0 bridgehead atoms. The molecule has 21 heavy (non-hydrogen) atoms. The molecule has 1 atom stereocenters. The molecule has 1 aromatic carbocycles. The van der Waals surface area contributed by atoms with Gasteiger partial charge in [0.15, 0.2) is 0 Å². The molecule has 0 radical (unpaired) electrons. The van der Waals surface area contributed by atoms with Crippen LogP contribution in [-0.2, 0) is 0 Å². The second-order valence-corrected chi connectivity index (χ2v) is 6.05. The molecule has 1 rings (SSSR count). The van der Waals surface area contributed by atoms with Crippen LogP contribution in [0.1, 0.15) is 31.4 Å². The van der Waals surface area contributed by atoms with E-state index in [1.165, 1.54) is 5.56 Å². The van der Waals surface area contributed by atoms with Gasteiger partial charge in [0, 0.05) is 30.1 Å². The lowest BCUT2D eigenvalue weighted by Crippen LogP contribution is -2.33. The van der Waals surface area contributed by atoms with Gasteiger partial charge in [-0.25, -0.2) is 0 Å². The molecule has 0 aliphatic heterocycles. The Morgan fingerprint density at radius 3 is 2.48 bits per heavy atom. The van der Waals surface area contributed by atoms with Gasteiger partial charge >= 0.3 is 0 Å². The van der Waals surface area contributed by atoms with Crippen LogP contribution in [-0.4, -0.2) is 54.5 Å². The summed E-state index contributed by atoms with van der Waals surface area (Å²) in [5.74, 6) is 0. The second kappa shape index (κ2) is 11.2. The van der Waals surface area contributed by atoms with Gasteiger partial charge in [-0.1, -0.05) is 35.0 Å². The normalized spacial score (nSPS) is 12.8. The van der Waals surface area contributed by atoms with Gasteiger partial charge in [0.1, 0.15) is 0 Å². The Bertz CT molecular complexity index is 384. The van der Waals surface area contributed by atoms with Crippen LogP contribution in [0.25, 0.3) is 0 Å². The van der Waals surface area contributed by atoms with Crippen molar-refractivity contribution in [2.75, 3.05) is 39.4 Å². The zero-order chi connectivity index (χ0) is 15.5. The Balaban J connectivity index is 2.64. The molecule has 3 N–H and O–H groups in total. The van der Waals surface area contributed by atoms with E-state index in [0.29, 0.717) is 19.1 Å². The summed E-state index contributed by atoms with van der Waals surface area (Å²) >= 11 is 3.52. The van der Waals surface area contributed by atoms with Gasteiger partial charge < -0.3 is 15.5 Å². The Labute approximate surface area is 136 Å². The first-order valence-electron chi connectivity index (χ1n) is 7.64. The molecule has 0 amide bonds. The topological polar surface area (TPSA) is 55.7 Å². The van der Waals surface area contributed by atoms with E-state index in [4.69, 9.17) is 10.2 Å². The smallest absolute Gasteiger partial charge is 0.0558 e. The number of rotatable bonds is 11. The van der Waals surface area contributed by atoms with Crippen molar-refractivity contribution in [3.8, 4) is 0 Å². The summed E-state index contributed by atoms with van der Waals surface area (Å²) in [6, 6.07) is 8.67. The average molecular weight is 359 g/mol. The third-order valence-corrected chi connectivity index (χ3v) is 3.95. The maximum absolute atomic E-state index is 9.08. The molecule has 0 aliphatic carbocycles. The van der Waals surface area contributed by atoms with Crippen molar-refractivity contribution in [2.45, 2.75) is 25.8 Å². The molecular formula is C16H27BrN2O2. The summed E-state index contributed by atoms with van der Waals surface area (Å²) in [6.07, 6.45) is 2.05. The van der Waals surface area contributed by atoms with Crippen LogP contribution in [0, 0.1) is 0 Å². The lowest BCUT2D eigenvalue weighted by atomic mass is 10.0. The summed E-state index contributed by atoms with van der Waals surface area (Å²) in [5, 5.41) is 21.7. The fraction of sp³-hybridized carbons (Fsp3) is 0.625. The van der Waals surface area contributed by atoms with Crippen LogP contribution >= 0.6 is 15.9 Å². The maximum atomic E-state index is 9.08. The van der Waals surface area contributed by atoms with Crippen molar-refractivity contribution in [2.24, 2.45) is 0 Å². The van der Waals surface area contributed by atoms with Crippen molar-refractivity contribution in [3.05, 3.63) is 34.3 Å². The van der Waals surface area contributed by atoms with Gasteiger partial charge in [-0.2, -0.15) is 0 Å². The summed E-state index contributed by atoms with van der Waals surface area (Å²) in [6.45, 7) is 5.48. The van der Waals surface area contributed by atoms with Crippen molar-refractivity contribution in [1.29, 1.82) is 0 Å². The highest BCUT2D eigenvalue weighted by Gasteiger charge is 2.13. The Morgan fingerprint density at radius 2 is 1.90 bits per heavy atom. The zero-order valence-corrected chi connectivity index (χ0v) is 14.3. The lowest BCUT2D eigenvalue weighted by molar-refractivity contribution is 0.156. The molecule has 5 heteroatoms. The van der Waals surface area contributed by atoms with Crippen LogP contribution < -0.4 is 5.32 Å². The molecule has 0 fully saturated rings. The summed E-state index contributed by atoms with van der Waals surface area (Å²) in [5.41, 5.74) is 1.27. The highest BCUT2D eigenvalue weighted by atomic mass is 79.9. The molecule has 1 aromatic rings. The maximum Gasteiger partial charge on any atom is 0.0558 e. The predicted molar refractivity (Wildman–Crippen MR) is 90.4 cm³/mol. The van der Waals surface area contributed by atoms with E-state index < -0.39 is 0 Å². The molecule has 1 unspecified atom stereocenters. The van der Waals surface area contributed by atoms with Gasteiger partial charge in [0.05, 0.1) is 13.2 Å². The number of halogens is 1. The average Bonchev–Trinajstić information content (AvgIpc) is 2.47. The first-order chi connectivity index (χ1) is 10.2. The number of benzene rings is 1. The van der Waals surface area contributed by atoms with Crippen molar-refractivity contribution >= 4 is 15.9 Å². The van der Waals surface area contributed by atoms with Crippen molar-refractivity contribution < 1.29 is 10.2 Å². The van der Waals surface area contributed by atoms with Gasteiger partial charge in [-0.3, -0.25) is 4.90 Å².